The van der Waals surface area contributed by atoms with Crippen molar-refractivity contribution in [1.29, 1.82) is 0 Å². The number of hydrogen-bond donors (Lipinski definition) is 1. The smallest absolute Gasteiger partial charge is 0.0930 e. The van der Waals surface area contributed by atoms with E-state index < -0.39 is 5.60 Å². The Morgan fingerprint density at radius 1 is 1.26 bits per heavy atom. The molecular weight excluding hydrogens is 256 g/mol. The van der Waals surface area contributed by atoms with Gasteiger partial charge in [0.1, 0.15) is 0 Å². The van der Waals surface area contributed by atoms with Crippen LogP contribution in [0.2, 0.25) is 5.02 Å². The zero-order chi connectivity index (χ0) is 13.2. The van der Waals surface area contributed by atoms with Crippen LogP contribution >= 0.6 is 11.6 Å². The van der Waals surface area contributed by atoms with E-state index in [2.05, 4.69) is 6.07 Å². The molecule has 1 nitrogen and oxygen atoms in total. The lowest BCUT2D eigenvalue weighted by Gasteiger charge is -2.39. The first-order valence-corrected chi connectivity index (χ1v) is 7.96. The molecule has 3 fully saturated rings. The first kappa shape index (κ1) is 12.2. The van der Waals surface area contributed by atoms with Gasteiger partial charge < -0.3 is 5.11 Å². The highest BCUT2D eigenvalue weighted by atomic mass is 35.5. The van der Waals surface area contributed by atoms with Gasteiger partial charge >= 0.3 is 0 Å². The highest BCUT2D eigenvalue weighted by Gasteiger charge is 2.60. The lowest BCUT2D eigenvalue weighted by molar-refractivity contribution is -0.0512. The van der Waals surface area contributed by atoms with Crippen LogP contribution in [0.3, 0.4) is 0 Å². The molecule has 5 atom stereocenters. The van der Waals surface area contributed by atoms with Crippen molar-refractivity contribution in [3.63, 3.8) is 0 Å². The Bertz CT molecular complexity index is 526. The second kappa shape index (κ2) is 3.99. The van der Waals surface area contributed by atoms with Crippen LogP contribution in [0.4, 0.5) is 0 Å². The molecule has 2 heteroatoms. The van der Waals surface area contributed by atoms with Gasteiger partial charge in [-0.25, -0.2) is 0 Å². The third-order valence-corrected chi connectivity index (χ3v) is 6.57. The summed E-state index contributed by atoms with van der Waals surface area (Å²) >= 11 is 6.26. The van der Waals surface area contributed by atoms with Crippen molar-refractivity contribution < 1.29 is 5.11 Å². The van der Waals surface area contributed by atoms with E-state index in [0.717, 1.165) is 40.3 Å². The molecular formula is C17H21ClO. The van der Waals surface area contributed by atoms with Crippen molar-refractivity contribution in [3.05, 3.63) is 34.3 Å². The van der Waals surface area contributed by atoms with Crippen LogP contribution in [0.5, 0.6) is 0 Å². The van der Waals surface area contributed by atoms with Crippen molar-refractivity contribution in [2.24, 2.45) is 23.7 Å². The van der Waals surface area contributed by atoms with E-state index in [9.17, 15) is 5.11 Å². The molecule has 0 amide bonds. The molecule has 1 aromatic carbocycles. The third kappa shape index (κ3) is 1.58. The van der Waals surface area contributed by atoms with Crippen LogP contribution in [-0.4, -0.2) is 5.11 Å². The van der Waals surface area contributed by atoms with Gasteiger partial charge in [0.2, 0.25) is 0 Å². The molecule has 2 bridgehead atoms. The summed E-state index contributed by atoms with van der Waals surface area (Å²) in [6.07, 6.45) is 6.28. The van der Waals surface area contributed by atoms with Gasteiger partial charge in [-0.05, 0) is 73.5 Å². The molecule has 3 aliphatic carbocycles. The predicted octanol–water partition coefficient (Wildman–Crippen LogP) is 4.29. The number of fused-ring (bicyclic) bond motifs is 5. The minimum Gasteiger partial charge on any atom is -0.385 e. The van der Waals surface area contributed by atoms with Crippen LogP contribution in [0.15, 0.2) is 18.2 Å². The number of aliphatic hydroxyl groups is 1. The monoisotopic (exact) mass is 276 g/mol. The Labute approximate surface area is 120 Å². The van der Waals surface area contributed by atoms with Gasteiger partial charge in [0.05, 0.1) is 5.60 Å². The topological polar surface area (TPSA) is 20.2 Å². The van der Waals surface area contributed by atoms with E-state index >= 15 is 0 Å². The molecule has 1 N–H and O–H groups in total. The van der Waals surface area contributed by atoms with E-state index in [1.807, 2.05) is 19.1 Å². The second-order valence-corrected chi connectivity index (χ2v) is 7.36. The predicted molar refractivity (Wildman–Crippen MR) is 77.1 cm³/mol. The van der Waals surface area contributed by atoms with Gasteiger partial charge in [0, 0.05) is 5.02 Å². The lowest BCUT2D eigenvalue weighted by atomic mass is 9.70. The van der Waals surface area contributed by atoms with E-state index in [-0.39, 0.29) is 0 Å². The van der Waals surface area contributed by atoms with Crippen LogP contribution in [0.1, 0.15) is 43.2 Å². The lowest BCUT2D eigenvalue weighted by Crippen LogP contribution is -2.38. The van der Waals surface area contributed by atoms with E-state index in [0.29, 0.717) is 5.92 Å². The van der Waals surface area contributed by atoms with Crippen LogP contribution < -0.4 is 0 Å². The zero-order valence-electron chi connectivity index (χ0n) is 11.4. The summed E-state index contributed by atoms with van der Waals surface area (Å²) in [7, 11) is 0. The quantitative estimate of drug-likeness (QED) is 0.811. The van der Waals surface area contributed by atoms with Crippen molar-refractivity contribution >= 4 is 11.6 Å². The SMILES string of the molecule is Cc1ccc(C2(O)CC3CC2C2CCCC32)cc1Cl. The Morgan fingerprint density at radius 3 is 2.84 bits per heavy atom. The van der Waals surface area contributed by atoms with E-state index in [1.54, 1.807) is 0 Å². The average molecular weight is 277 g/mol. The number of benzene rings is 1. The summed E-state index contributed by atoms with van der Waals surface area (Å²) in [6, 6.07) is 6.14. The first-order valence-electron chi connectivity index (χ1n) is 7.58. The first-order chi connectivity index (χ1) is 9.09. The Morgan fingerprint density at radius 2 is 2.05 bits per heavy atom. The molecule has 0 aromatic heterocycles. The maximum atomic E-state index is 11.3. The summed E-state index contributed by atoms with van der Waals surface area (Å²) in [5.41, 5.74) is 1.55. The van der Waals surface area contributed by atoms with Gasteiger partial charge in [0.15, 0.2) is 0 Å². The van der Waals surface area contributed by atoms with E-state index in [4.69, 9.17) is 11.6 Å². The largest absolute Gasteiger partial charge is 0.385 e. The summed E-state index contributed by atoms with van der Waals surface area (Å²) in [4.78, 5) is 0. The molecule has 1 aromatic rings. The van der Waals surface area contributed by atoms with Crippen molar-refractivity contribution in [1.82, 2.24) is 0 Å². The molecule has 0 aliphatic heterocycles. The summed E-state index contributed by atoms with van der Waals surface area (Å²) in [5.74, 6) is 2.90. The Balaban J connectivity index is 1.73. The molecule has 0 saturated heterocycles. The Kier molecular flexibility index (Phi) is 2.57. The molecule has 0 heterocycles. The maximum absolute atomic E-state index is 11.3. The van der Waals surface area contributed by atoms with Crippen LogP contribution in [0.25, 0.3) is 0 Å². The van der Waals surface area contributed by atoms with Crippen molar-refractivity contribution in [2.75, 3.05) is 0 Å². The minimum absolute atomic E-state index is 0.476. The molecule has 3 aliphatic rings. The fraction of sp³-hybridized carbons (Fsp3) is 0.647. The molecule has 0 radical (unpaired) electrons. The van der Waals surface area contributed by atoms with Crippen molar-refractivity contribution in [2.45, 2.75) is 44.6 Å². The zero-order valence-corrected chi connectivity index (χ0v) is 12.2. The summed E-state index contributed by atoms with van der Waals surface area (Å²) < 4.78 is 0. The molecule has 0 spiro atoms. The maximum Gasteiger partial charge on any atom is 0.0930 e. The molecule has 102 valence electrons. The average Bonchev–Trinajstić information content (AvgIpc) is 3.03. The number of aryl methyl sites for hydroxylation is 1. The molecule has 5 unspecified atom stereocenters. The standard InChI is InChI=1S/C17H21ClO/c1-10-5-6-12(8-16(10)18)17(19)9-11-7-15(17)14-4-2-3-13(11)14/h5-6,8,11,13-15,19H,2-4,7,9H2,1H3. The fourth-order valence-electron chi connectivity index (χ4n) is 5.31. The van der Waals surface area contributed by atoms with Gasteiger partial charge in [-0.1, -0.05) is 30.2 Å². The number of rotatable bonds is 1. The van der Waals surface area contributed by atoms with E-state index in [1.165, 1.54) is 25.7 Å². The summed E-state index contributed by atoms with van der Waals surface area (Å²) in [6.45, 7) is 2.02. The Hall–Kier alpha value is -0.530. The van der Waals surface area contributed by atoms with Crippen LogP contribution in [0, 0.1) is 30.6 Å². The number of halogens is 1. The molecule has 19 heavy (non-hydrogen) atoms. The van der Waals surface area contributed by atoms with Crippen LogP contribution in [-0.2, 0) is 5.60 Å². The van der Waals surface area contributed by atoms with Gasteiger partial charge in [0.25, 0.3) is 0 Å². The normalized spacial score (nSPS) is 43.7. The minimum atomic E-state index is -0.604. The molecule has 4 rings (SSSR count). The van der Waals surface area contributed by atoms with Gasteiger partial charge in [-0.2, -0.15) is 0 Å². The fourth-order valence-corrected chi connectivity index (χ4v) is 5.49. The van der Waals surface area contributed by atoms with Crippen molar-refractivity contribution in [3.8, 4) is 0 Å². The summed E-state index contributed by atoms with van der Waals surface area (Å²) in [5, 5.41) is 12.0. The molecule has 3 saturated carbocycles. The number of hydrogen-bond acceptors (Lipinski definition) is 1. The van der Waals surface area contributed by atoms with Gasteiger partial charge in [-0.3, -0.25) is 0 Å². The third-order valence-electron chi connectivity index (χ3n) is 6.16. The van der Waals surface area contributed by atoms with Gasteiger partial charge in [-0.15, -0.1) is 0 Å². The highest BCUT2D eigenvalue weighted by Crippen LogP contribution is 2.65. The second-order valence-electron chi connectivity index (χ2n) is 6.95. The highest BCUT2D eigenvalue weighted by molar-refractivity contribution is 6.31.